The summed E-state index contributed by atoms with van der Waals surface area (Å²) in [5.41, 5.74) is 0. The first kappa shape index (κ1) is 17.6. The molecule has 2 aliphatic rings. The van der Waals surface area contributed by atoms with Gasteiger partial charge in [0.15, 0.2) is 0 Å². The average molecular weight is 327 g/mol. The minimum Gasteiger partial charge on any atom is -0.480 e. The zero-order chi connectivity index (χ0) is 17.1. The van der Waals surface area contributed by atoms with Crippen LogP contribution >= 0.6 is 0 Å². The molecule has 2 fully saturated rings. The quantitative estimate of drug-likeness (QED) is 0.629. The van der Waals surface area contributed by atoms with Gasteiger partial charge in [0.25, 0.3) is 0 Å². The number of aliphatic carboxylic acids is 1. The number of hydrogen-bond acceptors (Lipinski definition) is 5. The third kappa shape index (κ3) is 3.95. The van der Waals surface area contributed by atoms with Crippen LogP contribution in [0.4, 0.5) is 4.79 Å². The first-order chi connectivity index (χ1) is 10.8. The molecule has 0 radical (unpaired) electrons. The second-order valence-corrected chi connectivity index (χ2v) is 6.65. The van der Waals surface area contributed by atoms with Crippen molar-refractivity contribution in [3.05, 3.63) is 0 Å². The number of carboxylic acid groups (broad SMARTS) is 1. The summed E-state index contributed by atoms with van der Waals surface area (Å²) in [5.74, 6) is -1.58. The highest BCUT2D eigenvalue weighted by Crippen LogP contribution is 2.40. The lowest BCUT2D eigenvalue weighted by Crippen LogP contribution is -2.47. The SMILES string of the molecule is CC(C)C(=O)O[C@H](C)OC(=O)N1[C@H](C(=O)O)C[C@@H]2CCCC[C@@H]21. The number of likely N-dealkylation sites (tertiary alicyclic amines) is 1. The zero-order valence-corrected chi connectivity index (χ0v) is 13.9. The van der Waals surface area contributed by atoms with Gasteiger partial charge in [-0.15, -0.1) is 0 Å². The standard InChI is InChI=1S/C16H25NO6/c1-9(2)15(20)22-10(3)23-16(21)17-12-7-5-4-6-11(12)8-13(17)14(18)19/h9-13H,4-8H2,1-3H3,(H,18,19)/t10-,11-,12-,13-/m0/s1. The molecule has 1 amide bonds. The summed E-state index contributed by atoms with van der Waals surface area (Å²) in [5, 5.41) is 9.40. The molecule has 1 aliphatic carbocycles. The van der Waals surface area contributed by atoms with E-state index in [0.29, 0.717) is 6.42 Å². The van der Waals surface area contributed by atoms with Crippen LogP contribution in [0.3, 0.4) is 0 Å². The van der Waals surface area contributed by atoms with E-state index in [-0.39, 0.29) is 17.9 Å². The van der Waals surface area contributed by atoms with Crippen LogP contribution in [0, 0.1) is 11.8 Å². The van der Waals surface area contributed by atoms with E-state index < -0.39 is 30.4 Å². The molecule has 1 aliphatic heterocycles. The molecule has 2 rings (SSSR count). The predicted molar refractivity (Wildman–Crippen MR) is 80.5 cm³/mol. The Morgan fingerprint density at radius 1 is 1.09 bits per heavy atom. The van der Waals surface area contributed by atoms with Crippen molar-refractivity contribution in [2.24, 2.45) is 11.8 Å². The largest absolute Gasteiger partial charge is 0.480 e. The van der Waals surface area contributed by atoms with Crippen LogP contribution in [0.15, 0.2) is 0 Å². The van der Waals surface area contributed by atoms with Gasteiger partial charge >= 0.3 is 18.0 Å². The van der Waals surface area contributed by atoms with Crippen LogP contribution in [0.25, 0.3) is 0 Å². The number of carbonyl (C=O) groups excluding carboxylic acids is 2. The molecule has 1 heterocycles. The van der Waals surface area contributed by atoms with Gasteiger partial charge in [0.05, 0.1) is 5.92 Å². The molecule has 0 bridgehead atoms. The van der Waals surface area contributed by atoms with Crippen LogP contribution in [-0.2, 0) is 19.1 Å². The molecule has 7 heteroatoms. The molecule has 130 valence electrons. The Kier molecular flexibility index (Phi) is 5.49. The van der Waals surface area contributed by atoms with E-state index in [2.05, 4.69) is 0 Å². The van der Waals surface area contributed by atoms with E-state index in [9.17, 15) is 19.5 Å². The molecule has 1 N–H and O–H groups in total. The Morgan fingerprint density at radius 2 is 1.74 bits per heavy atom. The third-order valence-corrected chi connectivity index (χ3v) is 4.60. The first-order valence-electron chi connectivity index (χ1n) is 8.23. The highest BCUT2D eigenvalue weighted by Gasteiger charge is 2.48. The maximum atomic E-state index is 12.4. The van der Waals surface area contributed by atoms with Crippen LogP contribution in [0.2, 0.25) is 0 Å². The van der Waals surface area contributed by atoms with Crippen molar-refractivity contribution in [2.75, 3.05) is 0 Å². The molecular formula is C16H25NO6. The van der Waals surface area contributed by atoms with Crippen LogP contribution in [0.5, 0.6) is 0 Å². The number of fused-ring (bicyclic) bond motifs is 1. The number of amides is 1. The van der Waals surface area contributed by atoms with Crippen LogP contribution in [0.1, 0.15) is 52.9 Å². The molecule has 7 nitrogen and oxygen atoms in total. The maximum absolute atomic E-state index is 12.4. The van der Waals surface area contributed by atoms with Gasteiger partial charge in [-0.05, 0) is 25.2 Å². The number of hydrogen-bond donors (Lipinski definition) is 1. The molecular weight excluding hydrogens is 302 g/mol. The predicted octanol–water partition coefficient (Wildman–Crippen LogP) is 2.39. The molecule has 0 unspecified atom stereocenters. The fourth-order valence-electron chi connectivity index (χ4n) is 3.47. The zero-order valence-electron chi connectivity index (χ0n) is 13.9. The summed E-state index contributed by atoms with van der Waals surface area (Å²) < 4.78 is 10.2. The Balaban J connectivity index is 2.03. The molecule has 1 saturated carbocycles. The minimum absolute atomic E-state index is 0.0923. The second-order valence-electron chi connectivity index (χ2n) is 6.65. The lowest BCUT2D eigenvalue weighted by molar-refractivity contribution is -0.171. The number of ether oxygens (including phenoxy) is 2. The van der Waals surface area contributed by atoms with Crippen LogP contribution in [-0.4, -0.2) is 46.4 Å². The van der Waals surface area contributed by atoms with Gasteiger partial charge in [-0.3, -0.25) is 9.69 Å². The number of esters is 1. The summed E-state index contributed by atoms with van der Waals surface area (Å²) in [4.78, 5) is 36.8. The summed E-state index contributed by atoms with van der Waals surface area (Å²) >= 11 is 0. The van der Waals surface area contributed by atoms with Gasteiger partial charge < -0.3 is 14.6 Å². The highest BCUT2D eigenvalue weighted by molar-refractivity contribution is 5.81. The summed E-state index contributed by atoms with van der Waals surface area (Å²) in [6.07, 6.45) is 2.51. The van der Waals surface area contributed by atoms with Gasteiger partial charge in [-0.1, -0.05) is 26.7 Å². The number of carbonyl (C=O) groups is 3. The summed E-state index contributed by atoms with van der Waals surface area (Å²) in [6, 6.07) is -0.950. The van der Waals surface area contributed by atoms with E-state index >= 15 is 0 Å². The van der Waals surface area contributed by atoms with Crippen LogP contribution < -0.4 is 0 Å². The van der Waals surface area contributed by atoms with Crippen molar-refractivity contribution in [3.8, 4) is 0 Å². The number of carboxylic acids is 1. The average Bonchev–Trinajstić information content (AvgIpc) is 2.86. The molecule has 23 heavy (non-hydrogen) atoms. The third-order valence-electron chi connectivity index (χ3n) is 4.60. The summed E-state index contributed by atoms with van der Waals surface area (Å²) in [6.45, 7) is 4.83. The first-order valence-corrected chi connectivity index (χ1v) is 8.23. The van der Waals surface area contributed by atoms with Crippen molar-refractivity contribution in [1.82, 2.24) is 4.90 Å². The van der Waals surface area contributed by atoms with E-state index in [1.165, 1.54) is 11.8 Å². The van der Waals surface area contributed by atoms with Gasteiger partial charge in [0.2, 0.25) is 6.29 Å². The van der Waals surface area contributed by atoms with E-state index in [1.807, 2.05) is 0 Å². The maximum Gasteiger partial charge on any atom is 0.413 e. The Labute approximate surface area is 135 Å². The molecule has 0 aromatic rings. The molecule has 0 spiro atoms. The Hall–Kier alpha value is -1.79. The Bertz CT molecular complexity index is 477. The van der Waals surface area contributed by atoms with E-state index in [0.717, 1.165) is 25.7 Å². The second kappa shape index (κ2) is 7.19. The van der Waals surface area contributed by atoms with Crippen molar-refractivity contribution in [1.29, 1.82) is 0 Å². The molecule has 0 aromatic heterocycles. The molecule has 0 aromatic carbocycles. The molecule has 1 saturated heterocycles. The summed E-state index contributed by atoms with van der Waals surface area (Å²) in [7, 11) is 0. The van der Waals surface area contributed by atoms with Crippen molar-refractivity contribution in [2.45, 2.75) is 71.2 Å². The van der Waals surface area contributed by atoms with Gasteiger partial charge in [-0.25, -0.2) is 9.59 Å². The monoisotopic (exact) mass is 327 g/mol. The van der Waals surface area contributed by atoms with E-state index in [4.69, 9.17) is 9.47 Å². The minimum atomic E-state index is -1.03. The highest BCUT2D eigenvalue weighted by atomic mass is 16.7. The fourth-order valence-corrected chi connectivity index (χ4v) is 3.47. The lowest BCUT2D eigenvalue weighted by atomic mass is 9.85. The van der Waals surface area contributed by atoms with E-state index in [1.54, 1.807) is 13.8 Å². The smallest absolute Gasteiger partial charge is 0.413 e. The topological polar surface area (TPSA) is 93.1 Å². The van der Waals surface area contributed by atoms with Crippen molar-refractivity contribution in [3.63, 3.8) is 0 Å². The van der Waals surface area contributed by atoms with Crippen molar-refractivity contribution >= 4 is 18.0 Å². The van der Waals surface area contributed by atoms with Gasteiger partial charge in [0.1, 0.15) is 6.04 Å². The van der Waals surface area contributed by atoms with Gasteiger partial charge in [0, 0.05) is 13.0 Å². The van der Waals surface area contributed by atoms with Gasteiger partial charge in [-0.2, -0.15) is 0 Å². The number of rotatable bonds is 4. The molecule has 4 atom stereocenters. The number of nitrogens with zero attached hydrogens (tertiary/aromatic N) is 1. The van der Waals surface area contributed by atoms with Crippen molar-refractivity contribution < 1.29 is 29.0 Å². The lowest BCUT2D eigenvalue weighted by Gasteiger charge is -2.32. The Morgan fingerprint density at radius 3 is 2.35 bits per heavy atom. The fraction of sp³-hybridized carbons (Fsp3) is 0.812. The normalized spacial score (nSPS) is 28.2.